The Labute approximate surface area is 202 Å². The van der Waals surface area contributed by atoms with E-state index >= 15 is 0 Å². The molecule has 1 aliphatic carbocycles. The van der Waals surface area contributed by atoms with E-state index in [-0.39, 0.29) is 0 Å². The second-order valence-corrected chi connectivity index (χ2v) is 12.0. The predicted molar refractivity (Wildman–Crippen MR) is 140 cm³/mol. The lowest BCUT2D eigenvalue weighted by atomic mass is 9.73. The third-order valence-corrected chi connectivity index (χ3v) is 8.82. The number of aromatic nitrogens is 4. The van der Waals surface area contributed by atoms with Crippen LogP contribution in [0.5, 0.6) is 0 Å². The summed E-state index contributed by atoms with van der Waals surface area (Å²) in [6.07, 6.45) is 8.75. The minimum atomic E-state index is 0.291. The SMILES string of the molecule is CC1(C)CCc2c(N3CCSCC3)nc3sc4c(NCc5cccnc5)ncnc4c3c2C1. The van der Waals surface area contributed by atoms with E-state index in [1.807, 2.05) is 24.0 Å². The van der Waals surface area contributed by atoms with Crippen molar-refractivity contribution in [1.82, 2.24) is 19.9 Å². The van der Waals surface area contributed by atoms with Gasteiger partial charge in [-0.25, -0.2) is 15.0 Å². The number of rotatable bonds is 4. The summed E-state index contributed by atoms with van der Waals surface area (Å²) in [5.74, 6) is 4.46. The second kappa shape index (κ2) is 8.40. The number of hydrogen-bond donors (Lipinski definition) is 1. The van der Waals surface area contributed by atoms with Crippen LogP contribution in [0.3, 0.4) is 0 Å². The van der Waals surface area contributed by atoms with Crippen molar-refractivity contribution in [2.45, 2.75) is 39.7 Å². The van der Waals surface area contributed by atoms with E-state index in [0.29, 0.717) is 12.0 Å². The normalized spacial score (nSPS) is 17.9. The third kappa shape index (κ3) is 3.93. The van der Waals surface area contributed by atoms with Crippen molar-refractivity contribution < 1.29 is 0 Å². The van der Waals surface area contributed by atoms with Crippen LogP contribution in [0.15, 0.2) is 30.9 Å². The summed E-state index contributed by atoms with van der Waals surface area (Å²) in [4.78, 5) is 22.5. The summed E-state index contributed by atoms with van der Waals surface area (Å²) in [5.41, 5.74) is 5.39. The highest BCUT2D eigenvalue weighted by Gasteiger charge is 2.32. The maximum absolute atomic E-state index is 5.29. The summed E-state index contributed by atoms with van der Waals surface area (Å²) < 4.78 is 1.10. The number of hydrogen-bond acceptors (Lipinski definition) is 8. The average molecular weight is 477 g/mol. The van der Waals surface area contributed by atoms with Crippen molar-refractivity contribution in [3.8, 4) is 0 Å². The smallest absolute Gasteiger partial charge is 0.147 e. The molecule has 0 saturated carbocycles. The summed E-state index contributed by atoms with van der Waals surface area (Å²) in [5, 5.41) is 4.77. The molecule has 0 bridgehead atoms. The Balaban J connectivity index is 1.50. The molecule has 0 amide bonds. The Morgan fingerprint density at radius 1 is 1.15 bits per heavy atom. The predicted octanol–water partition coefficient (Wildman–Crippen LogP) is 5.31. The Morgan fingerprint density at radius 3 is 2.85 bits per heavy atom. The lowest BCUT2D eigenvalue weighted by Crippen LogP contribution is -2.35. The molecule has 0 atom stereocenters. The fourth-order valence-electron chi connectivity index (χ4n) is 5.04. The molecular weight excluding hydrogens is 448 g/mol. The number of fused-ring (bicyclic) bond motifs is 5. The van der Waals surface area contributed by atoms with Crippen molar-refractivity contribution >= 4 is 55.2 Å². The molecule has 6 nitrogen and oxygen atoms in total. The Hall–Kier alpha value is -2.45. The van der Waals surface area contributed by atoms with Crippen LogP contribution in [0, 0.1) is 5.41 Å². The van der Waals surface area contributed by atoms with Crippen LogP contribution >= 0.6 is 23.1 Å². The van der Waals surface area contributed by atoms with Crippen LogP contribution < -0.4 is 10.2 Å². The Morgan fingerprint density at radius 2 is 2.03 bits per heavy atom. The third-order valence-electron chi connectivity index (χ3n) is 6.80. The van der Waals surface area contributed by atoms with Crippen LogP contribution in [0.25, 0.3) is 20.4 Å². The molecule has 0 spiro atoms. The highest BCUT2D eigenvalue weighted by Crippen LogP contribution is 2.46. The van der Waals surface area contributed by atoms with Gasteiger partial charge in [0.05, 0.1) is 10.2 Å². The molecule has 8 heteroatoms. The Bertz CT molecular complexity index is 1310. The van der Waals surface area contributed by atoms with Crippen LogP contribution in [0.4, 0.5) is 11.6 Å². The van der Waals surface area contributed by atoms with Gasteiger partial charge in [0, 0.05) is 48.9 Å². The molecule has 6 rings (SSSR count). The van der Waals surface area contributed by atoms with Gasteiger partial charge in [-0.15, -0.1) is 11.3 Å². The van der Waals surface area contributed by atoms with Crippen LogP contribution in [0.1, 0.15) is 37.0 Å². The van der Waals surface area contributed by atoms with Crippen LogP contribution in [-0.4, -0.2) is 44.5 Å². The van der Waals surface area contributed by atoms with Gasteiger partial charge in [-0.05, 0) is 47.4 Å². The molecular formula is C25H28N6S2. The standard InChI is InChI=1S/C25H28N6S2/c1-25(2)6-5-17-18(12-25)19-20-21(33-24(19)30-23(17)31-8-10-32-11-9-31)22(29-15-28-20)27-14-16-4-3-7-26-13-16/h3-4,7,13,15H,5-6,8-12,14H2,1-2H3,(H,27,28,29). The zero-order valence-corrected chi connectivity index (χ0v) is 20.7. The molecule has 0 unspecified atom stereocenters. The maximum atomic E-state index is 5.29. The molecule has 5 heterocycles. The fourth-order valence-corrected chi connectivity index (χ4v) is 7.06. The van der Waals surface area contributed by atoms with Crippen molar-refractivity contribution in [2.24, 2.45) is 5.41 Å². The molecule has 33 heavy (non-hydrogen) atoms. The maximum Gasteiger partial charge on any atom is 0.147 e. The minimum absolute atomic E-state index is 0.291. The van der Waals surface area contributed by atoms with Crippen LogP contribution in [-0.2, 0) is 19.4 Å². The molecule has 170 valence electrons. The van der Waals surface area contributed by atoms with E-state index in [2.05, 4.69) is 40.1 Å². The molecule has 2 aliphatic rings. The van der Waals surface area contributed by atoms with Crippen molar-refractivity contribution in [1.29, 1.82) is 0 Å². The van der Waals surface area contributed by atoms with Gasteiger partial charge in [0.1, 0.15) is 22.8 Å². The topological polar surface area (TPSA) is 66.8 Å². The number of anilines is 2. The summed E-state index contributed by atoms with van der Waals surface area (Å²) in [6.45, 7) is 7.64. The monoisotopic (exact) mass is 476 g/mol. The fraction of sp³-hybridized carbons (Fsp3) is 0.440. The largest absolute Gasteiger partial charge is 0.365 e. The highest BCUT2D eigenvalue weighted by atomic mass is 32.2. The highest BCUT2D eigenvalue weighted by molar-refractivity contribution is 7.99. The number of thiophene rings is 1. The zero-order valence-electron chi connectivity index (χ0n) is 19.1. The van der Waals surface area contributed by atoms with E-state index in [9.17, 15) is 0 Å². The molecule has 4 aromatic rings. The second-order valence-electron chi connectivity index (χ2n) is 9.73. The average Bonchev–Trinajstić information content (AvgIpc) is 3.22. The molecule has 4 aromatic heterocycles. The first-order chi connectivity index (χ1) is 16.1. The summed E-state index contributed by atoms with van der Waals surface area (Å²) >= 11 is 3.77. The first-order valence-corrected chi connectivity index (χ1v) is 13.6. The van der Waals surface area contributed by atoms with Gasteiger partial charge in [-0.1, -0.05) is 19.9 Å². The summed E-state index contributed by atoms with van der Waals surface area (Å²) in [7, 11) is 0. The molecule has 1 saturated heterocycles. The molecule has 1 N–H and O–H groups in total. The first-order valence-electron chi connectivity index (χ1n) is 11.6. The van der Waals surface area contributed by atoms with Crippen LogP contribution in [0.2, 0.25) is 0 Å². The van der Waals surface area contributed by atoms with Crippen molar-refractivity contribution in [3.63, 3.8) is 0 Å². The van der Waals surface area contributed by atoms with E-state index in [4.69, 9.17) is 9.97 Å². The van der Waals surface area contributed by atoms with Crippen molar-refractivity contribution in [2.75, 3.05) is 34.8 Å². The first kappa shape index (κ1) is 21.1. The quantitative estimate of drug-likeness (QED) is 0.428. The lowest BCUT2D eigenvalue weighted by Gasteiger charge is -2.36. The molecule has 1 fully saturated rings. The van der Waals surface area contributed by atoms with E-state index in [0.717, 1.165) is 52.4 Å². The number of nitrogens with zero attached hydrogens (tertiary/aromatic N) is 5. The van der Waals surface area contributed by atoms with Gasteiger partial charge in [0.15, 0.2) is 0 Å². The number of nitrogens with one attached hydrogen (secondary N) is 1. The lowest BCUT2D eigenvalue weighted by molar-refractivity contribution is 0.316. The number of thioether (sulfide) groups is 1. The van der Waals surface area contributed by atoms with Gasteiger partial charge >= 0.3 is 0 Å². The number of pyridine rings is 2. The van der Waals surface area contributed by atoms with Gasteiger partial charge in [-0.2, -0.15) is 11.8 Å². The molecule has 0 radical (unpaired) electrons. The van der Waals surface area contributed by atoms with E-state index < -0.39 is 0 Å². The van der Waals surface area contributed by atoms with E-state index in [1.54, 1.807) is 23.9 Å². The zero-order chi connectivity index (χ0) is 22.4. The molecule has 1 aliphatic heterocycles. The molecule has 0 aromatic carbocycles. The van der Waals surface area contributed by atoms with Crippen molar-refractivity contribution in [3.05, 3.63) is 47.5 Å². The van der Waals surface area contributed by atoms with Gasteiger partial charge in [0.2, 0.25) is 0 Å². The van der Waals surface area contributed by atoms with Gasteiger partial charge < -0.3 is 10.2 Å². The van der Waals surface area contributed by atoms with E-state index in [1.165, 1.54) is 40.3 Å². The Kier molecular flexibility index (Phi) is 5.37. The van der Waals surface area contributed by atoms with Gasteiger partial charge in [-0.3, -0.25) is 4.98 Å². The minimum Gasteiger partial charge on any atom is -0.365 e. The summed E-state index contributed by atoms with van der Waals surface area (Å²) in [6, 6.07) is 4.04. The van der Waals surface area contributed by atoms with Gasteiger partial charge in [0.25, 0.3) is 0 Å².